The highest BCUT2D eigenvalue weighted by Crippen LogP contribution is 2.25. The third-order valence-electron chi connectivity index (χ3n) is 4.62. The molecule has 140 valence electrons. The molecule has 1 aliphatic rings. The lowest BCUT2D eigenvalue weighted by Crippen LogP contribution is -2.37. The van der Waals surface area contributed by atoms with Crippen LogP contribution >= 0.6 is 0 Å². The van der Waals surface area contributed by atoms with Crippen molar-refractivity contribution in [3.63, 3.8) is 0 Å². The van der Waals surface area contributed by atoms with Crippen LogP contribution in [0.1, 0.15) is 30.6 Å². The van der Waals surface area contributed by atoms with Crippen LogP contribution in [-0.2, 0) is 11.2 Å². The summed E-state index contributed by atoms with van der Waals surface area (Å²) in [5.74, 6) is 0.454. The zero-order chi connectivity index (χ0) is 18.6. The predicted molar refractivity (Wildman–Crippen MR) is 92.7 cm³/mol. The third kappa shape index (κ3) is 5.02. The molecule has 1 aromatic heterocycles. The Labute approximate surface area is 151 Å². The summed E-state index contributed by atoms with van der Waals surface area (Å²) in [5, 5.41) is 0. The average Bonchev–Trinajstić information content (AvgIpc) is 2.66. The van der Waals surface area contributed by atoms with Gasteiger partial charge in [0.2, 0.25) is 0 Å². The Bertz CT molecular complexity index is 713. The zero-order valence-corrected chi connectivity index (χ0v) is 14.7. The lowest BCUT2D eigenvalue weighted by atomic mass is 10.0. The minimum absolute atomic E-state index is 0.134. The van der Waals surface area contributed by atoms with Crippen molar-refractivity contribution in [3.8, 4) is 11.4 Å². The molecule has 1 atom stereocenters. The van der Waals surface area contributed by atoms with Gasteiger partial charge in [0.1, 0.15) is 0 Å². The van der Waals surface area contributed by atoms with Crippen LogP contribution in [0.4, 0.5) is 13.2 Å². The van der Waals surface area contributed by atoms with Gasteiger partial charge < -0.3 is 4.74 Å². The number of hydrogen-bond acceptors (Lipinski definition) is 4. The number of halogens is 3. The average molecular weight is 365 g/mol. The van der Waals surface area contributed by atoms with Gasteiger partial charge in [-0.25, -0.2) is 9.97 Å². The van der Waals surface area contributed by atoms with Crippen LogP contribution in [0.5, 0.6) is 0 Å². The number of ether oxygens (including phenoxy) is 1. The van der Waals surface area contributed by atoms with Gasteiger partial charge in [-0.2, -0.15) is 13.2 Å². The molecular weight excluding hydrogens is 343 g/mol. The van der Waals surface area contributed by atoms with Crippen molar-refractivity contribution in [2.24, 2.45) is 0 Å². The summed E-state index contributed by atoms with van der Waals surface area (Å²) in [7, 11) is 0. The number of morpholine rings is 1. The molecule has 2 aromatic rings. The summed E-state index contributed by atoms with van der Waals surface area (Å²) in [4.78, 5) is 10.8. The van der Waals surface area contributed by atoms with E-state index in [-0.39, 0.29) is 12.5 Å². The van der Waals surface area contributed by atoms with Crippen molar-refractivity contribution in [2.45, 2.75) is 32.0 Å². The normalized spacial score (nSPS) is 17.2. The van der Waals surface area contributed by atoms with Crippen LogP contribution in [0.15, 0.2) is 36.5 Å². The standard InChI is InChI=1S/C19H22F3N3O/c1-14(25-10-12-26-13-11-25)15-2-4-16(5-3-15)18-23-9-7-17(24-18)6-8-19(20,21)22/h2-5,7,9,14H,6,8,10-13H2,1H3/t14-/m0/s1. The lowest BCUT2D eigenvalue weighted by Gasteiger charge is -2.32. The largest absolute Gasteiger partial charge is 0.389 e. The zero-order valence-electron chi connectivity index (χ0n) is 14.7. The van der Waals surface area contributed by atoms with E-state index in [9.17, 15) is 13.2 Å². The molecule has 1 fully saturated rings. The maximum absolute atomic E-state index is 12.4. The molecule has 0 radical (unpaired) electrons. The first-order chi connectivity index (χ1) is 12.4. The van der Waals surface area contributed by atoms with Gasteiger partial charge in [0, 0.05) is 43.0 Å². The van der Waals surface area contributed by atoms with E-state index < -0.39 is 12.6 Å². The second-order valence-electron chi connectivity index (χ2n) is 6.43. The monoisotopic (exact) mass is 365 g/mol. The Balaban J connectivity index is 1.70. The summed E-state index contributed by atoms with van der Waals surface area (Å²) in [6.45, 7) is 5.48. The SMILES string of the molecule is C[C@@H](c1ccc(-c2nccc(CCC(F)(F)F)n2)cc1)N1CCOCC1. The highest BCUT2D eigenvalue weighted by molar-refractivity contribution is 5.55. The number of alkyl halides is 3. The summed E-state index contributed by atoms with van der Waals surface area (Å²) in [6.07, 6.45) is -3.68. The molecule has 0 aliphatic carbocycles. The van der Waals surface area contributed by atoms with Crippen LogP contribution < -0.4 is 0 Å². The Morgan fingerprint density at radius 3 is 2.46 bits per heavy atom. The van der Waals surface area contributed by atoms with Crippen molar-refractivity contribution in [2.75, 3.05) is 26.3 Å². The smallest absolute Gasteiger partial charge is 0.379 e. The van der Waals surface area contributed by atoms with Crippen molar-refractivity contribution in [3.05, 3.63) is 47.8 Å². The Kier molecular flexibility index (Phi) is 5.88. The van der Waals surface area contributed by atoms with Gasteiger partial charge >= 0.3 is 6.18 Å². The van der Waals surface area contributed by atoms with Crippen LogP contribution in [0.25, 0.3) is 11.4 Å². The molecule has 4 nitrogen and oxygen atoms in total. The summed E-state index contributed by atoms with van der Waals surface area (Å²) in [6, 6.07) is 9.73. The maximum atomic E-state index is 12.4. The van der Waals surface area contributed by atoms with E-state index in [1.165, 1.54) is 17.8 Å². The Morgan fingerprint density at radius 2 is 1.81 bits per heavy atom. The first kappa shape index (κ1) is 18.8. The second-order valence-corrected chi connectivity index (χ2v) is 6.43. The van der Waals surface area contributed by atoms with Gasteiger partial charge in [-0.05, 0) is 25.0 Å². The third-order valence-corrected chi connectivity index (χ3v) is 4.62. The summed E-state index contributed by atoms with van der Waals surface area (Å²) in [5.41, 5.74) is 2.39. The minimum Gasteiger partial charge on any atom is -0.379 e. The van der Waals surface area contributed by atoms with Gasteiger partial charge in [-0.15, -0.1) is 0 Å². The van der Waals surface area contributed by atoms with E-state index in [1.54, 1.807) is 0 Å². The number of benzene rings is 1. The predicted octanol–water partition coefficient (Wildman–Crippen LogP) is 4.03. The molecule has 7 heteroatoms. The van der Waals surface area contributed by atoms with Crippen molar-refractivity contribution in [1.82, 2.24) is 14.9 Å². The van der Waals surface area contributed by atoms with E-state index >= 15 is 0 Å². The minimum atomic E-state index is -4.18. The van der Waals surface area contributed by atoms with E-state index in [0.29, 0.717) is 11.5 Å². The molecule has 0 N–H and O–H groups in total. The van der Waals surface area contributed by atoms with E-state index in [1.807, 2.05) is 24.3 Å². The quantitative estimate of drug-likeness (QED) is 0.802. The molecule has 1 aromatic carbocycles. The van der Waals surface area contributed by atoms with Crippen molar-refractivity contribution in [1.29, 1.82) is 0 Å². The first-order valence-corrected chi connectivity index (χ1v) is 8.73. The number of aryl methyl sites for hydroxylation is 1. The van der Waals surface area contributed by atoms with Crippen LogP contribution in [0, 0.1) is 0 Å². The molecule has 0 unspecified atom stereocenters. The molecule has 26 heavy (non-hydrogen) atoms. The molecular formula is C19H22F3N3O. The number of hydrogen-bond donors (Lipinski definition) is 0. The molecule has 0 amide bonds. The summed E-state index contributed by atoms with van der Waals surface area (Å²) >= 11 is 0. The number of rotatable bonds is 5. The first-order valence-electron chi connectivity index (χ1n) is 8.73. The fraction of sp³-hybridized carbons (Fsp3) is 0.474. The molecule has 1 aliphatic heterocycles. The molecule has 0 bridgehead atoms. The lowest BCUT2D eigenvalue weighted by molar-refractivity contribution is -0.134. The van der Waals surface area contributed by atoms with Gasteiger partial charge in [0.25, 0.3) is 0 Å². The van der Waals surface area contributed by atoms with Gasteiger partial charge in [0.05, 0.1) is 13.2 Å². The second kappa shape index (κ2) is 8.14. The Morgan fingerprint density at radius 1 is 1.12 bits per heavy atom. The molecule has 1 saturated heterocycles. The van der Waals surface area contributed by atoms with Crippen LogP contribution in [-0.4, -0.2) is 47.3 Å². The van der Waals surface area contributed by atoms with E-state index in [0.717, 1.165) is 31.9 Å². The maximum Gasteiger partial charge on any atom is 0.389 e. The fourth-order valence-electron chi connectivity index (χ4n) is 3.03. The van der Waals surface area contributed by atoms with E-state index in [4.69, 9.17) is 4.74 Å². The fourth-order valence-corrected chi connectivity index (χ4v) is 3.03. The molecule has 3 rings (SSSR count). The van der Waals surface area contributed by atoms with Gasteiger partial charge in [-0.3, -0.25) is 4.90 Å². The van der Waals surface area contributed by atoms with Crippen LogP contribution in [0.2, 0.25) is 0 Å². The van der Waals surface area contributed by atoms with Crippen LogP contribution in [0.3, 0.4) is 0 Å². The van der Waals surface area contributed by atoms with E-state index in [2.05, 4.69) is 21.8 Å². The van der Waals surface area contributed by atoms with Crippen molar-refractivity contribution >= 4 is 0 Å². The topological polar surface area (TPSA) is 38.2 Å². The Hall–Kier alpha value is -1.99. The highest BCUT2D eigenvalue weighted by Gasteiger charge is 2.26. The molecule has 2 heterocycles. The number of nitrogens with zero attached hydrogens (tertiary/aromatic N) is 3. The van der Waals surface area contributed by atoms with Gasteiger partial charge in [-0.1, -0.05) is 24.3 Å². The molecule has 0 spiro atoms. The highest BCUT2D eigenvalue weighted by atomic mass is 19.4. The molecule has 0 saturated carbocycles. The van der Waals surface area contributed by atoms with Gasteiger partial charge in [0.15, 0.2) is 5.82 Å². The number of aromatic nitrogens is 2. The van der Waals surface area contributed by atoms with Crippen molar-refractivity contribution < 1.29 is 17.9 Å². The summed E-state index contributed by atoms with van der Waals surface area (Å²) < 4.78 is 42.5.